The molecule has 0 fully saturated rings. The Kier molecular flexibility index (Phi) is 5.30. The lowest BCUT2D eigenvalue weighted by Crippen LogP contribution is -2.09. The van der Waals surface area contributed by atoms with Crippen LogP contribution in [0.15, 0.2) is 58.6 Å². The van der Waals surface area contributed by atoms with E-state index >= 15 is 0 Å². The van der Waals surface area contributed by atoms with E-state index in [1.807, 2.05) is 30.3 Å². The highest BCUT2D eigenvalue weighted by molar-refractivity contribution is 7.98. The summed E-state index contributed by atoms with van der Waals surface area (Å²) < 4.78 is 6.81. The Bertz CT molecular complexity index is 1210. The van der Waals surface area contributed by atoms with E-state index in [0.717, 1.165) is 17.0 Å². The molecule has 2 heterocycles. The monoisotopic (exact) mass is 432 g/mol. The molecule has 0 radical (unpaired) electrons. The maximum absolute atomic E-state index is 12.4. The molecule has 4 aromatic rings. The van der Waals surface area contributed by atoms with Crippen LogP contribution >= 0.6 is 35.0 Å². The van der Waals surface area contributed by atoms with Crippen molar-refractivity contribution >= 4 is 46.0 Å². The Hall–Kier alpha value is -2.48. The predicted octanol–water partition coefficient (Wildman–Crippen LogP) is 4.72. The molecule has 0 unspecified atom stereocenters. The van der Waals surface area contributed by atoms with Gasteiger partial charge in [0.15, 0.2) is 10.8 Å². The van der Waals surface area contributed by atoms with Crippen LogP contribution in [0.3, 0.4) is 0 Å². The number of aromatic amines is 1. The van der Waals surface area contributed by atoms with Gasteiger partial charge < -0.3 is 9.72 Å². The fourth-order valence-corrected chi connectivity index (χ4v) is 4.08. The number of halogens is 2. The van der Waals surface area contributed by atoms with E-state index < -0.39 is 0 Å². The molecule has 0 aliphatic carbocycles. The zero-order chi connectivity index (χ0) is 19.7. The van der Waals surface area contributed by atoms with E-state index in [2.05, 4.69) is 15.1 Å². The molecule has 0 bridgehead atoms. The summed E-state index contributed by atoms with van der Waals surface area (Å²) in [5.74, 6) is 1.28. The highest BCUT2D eigenvalue weighted by atomic mass is 35.5. The van der Waals surface area contributed by atoms with Crippen molar-refractivity contribution < 1.29 is 4.74 Å². The molecular formula is C19H14Cl2N4O2S. The van der Waals surface area contributed by atoms with Crippen LogP contribution in [-0.2, 0) is 5.75 Å². The number of benzene rings is 2. The molecular weight excluding hydrogens is 419 g/mol. The number of hydrogen-bond acceptors (Lipinski definition) is 5. The third kappa shape index (κ3) is 3.73. The third-order valence-electron chi connectivity index (χ3n) is 4.11. The topological polar surface area (TPSA) is 72.8 Å². The van der Waals surface area contributed by atoms with Gasteiger partial charge in [0, 0.05) is 15.8 Å². The number of aromatic nitrogens is 4. The minimum absolute atomic E-state index is 0.241. The maximum Gasteiger partial charge on any atom is 0.262 e. The third-order valence-corrected chi connectivity index (χ3v) is 5.62. The normalized spacial score (nSPS) is 11.1. The summed E-state index contributed by atoms with van der Waals surface area (Å²) >= 11 is 13.5. The molecule has 0 saturated carbocycles. The molecule has 0 aliphatic rings. The second kappa shape index (κ2) is 7.87. The summed E-state index contributed by atoms with van der Waals surface area (Å²) in [5, 5.41) is 6.37. The first-order chi connectivity index (χ1) is 13.5. The Morgan fingerprint density at radius 1 is 1.18 bits per heavy atom. The minimum atomic E-state index is -0.241. The van der Waals surface area contributed by atoms with Crippen molar-refractivity contribution in [3.8, 4) is 11.4 Å². The van der Waals surface area contributed by atoms with E-state index in [1.165, 1.54) is 18.0 Å². The number of ether oxygens (including phenoxy) is 1. The molecule has 0 amide bonds. The fourth-order valence-electron chi connectivity index (χ4n) is 2.66. The Labute approximate surface area is 174 Å². The largest absolute Gasteiger partial charge is 0.497 e. The molecule has 0 saturated heterocycles. The maximum atomic E-state index is 12.4. The van der Waals surface area contributed by atoms with Crippen molar-refractivity contribution in [2.24, 2.45) is 0 Å². The van der Waals surface area contributed by atoms with Crippen molar-refractivity contribution in [1.82, 2.24) is 19.7 Å². The first-order valence-corrected chi connectivity index (χ1v) is 9.98. The summed E-state index contributed by atoms with van der Waals surface area (Å²) in [6, 6.07) is 12.7. The second-order valence-corrected chi connectivity index (χ2v) is 7.69. The molecule has 6 nitrogen and oxygen atoms in total. The SMILES string of the molecule is COc1ccc(-n2ncc3c(=O)[nH]c(SCc4ccc(Cl)cc4Cl)nc32)cc1. The molecule has 2 aromatic carbocycles. The quantitative estimate of drug-likeness (QED) is 0.364. The number of H-pyrrole nitrogens is 1. The van der Waals surface area contributed by atoms with E-state index in [-0.39, 0.29) is 5.56 Å². The van der Waals surface area contributed by atoms with Crippen LogP contribution in [0.1, 0.15) is 5.56 Å². The lowest BCUT2D eigenvalue weighted by Gasteiger charge is -2.06. The first-order valence-electron chi connectivity index (χ1n) is 8.24. The van der Waals surface area contributed by atoms with E-state index in [9.17, 15) is 4.79 Å². The number of methoxy groups -OCH3 is 1. The standard InChI is InChI=1S/C19H14Cl2N4O2S/c1-27-14-6-4-13(5-7-14)25-17-15(9-22-25)18(26)24-19(23-17)28-10-11-2-3-12(20)8-16(11)21/h2-9H,10H2,1H3,(H,23,24,26). The number of hydrogen-bond donors (Lipinski definition) is 1. The molecule has 9 heteroatoms. The van der Waals surface area contributed by atoms with Crippen LogP contribution in [-0.4, -0.2) is 26.9 Å². The Morgan fingerprint density at radius 2 is 1.96 bits per heavy atom. The fraction of sp³-hybridized carbons (Fsp3) is 0.105. The van der Waals surface area contributed by atoms with Gasteiger partial charge in [-0.1, -0.05) is 41.0 Å². The highest BCUT2D eigenvalue weighted by Gasteiger charge is 2.13. The van der Waals surface area contributed by atoms with Gasteiger partial charge in [0.1, 0.15) is 11.1 Å². The lowest BCUT2D eigenvalue weighted by molar-refractivity contribution is 0.414. The first kappa shape index (κ1) is 18.9. The van der Waals surface area contributed by atoms with Crippen molar-refractivity contribution in [3.05, 3.63) is 74.6 Å². The zero-order valence-corrected chi connectivity index (χ0v) is 17.0. The van der Waals surface area contributed by atoms with E-state index in [1.54, 1.807) is 23.9 Å². The van der Waals surface area contributed by atoms with Crippen molar-refractivity contribution in [1.29, 1.82) is 0 Å². The van der Waals surface area contributed by atoms with Gasteiger partial charge >= 0.3 is 0 Å². The van der Waals surface area contributed by atoms with Crippen LogP contribution in [0.2, 0.25) is 10.0 Å². The average molecular weight is 433 g/mol. The number of nitrogens with one attached hydrogen (secondary N) is 1. The molecule has 4 rings (SSSR count). The summed E-state index contributed by atoms with van der Waals surface area (Å²) in [7, 11) is 1.61. The summed E-state index contributed by atoms with van der Waals surface area (Å²) in [6.45, 7) is 0. The lowest BCUT2D eigenvalue weighted by atomic mass is 10.2. The molecule has 0 aliphatic heterocycles. The van der Waals surface area contributed by atoms with Crippen LogP contribution < -0.4 is 10.3 Å². The molecule has 0 spiro atoms. The number of thioether (sulfide) groups is 1. The average Bonchev–Trinajstić information content (AvgIpc) is 3.12. The number of fused-ring (bicyclic) bond motifs is 1. The predicted molar refractivity (Wildman–Crippen MR) is 112 cm³/mol. The molecule has 142 valence electrons. The number of nitrogens with zero attached hydrogens (tertiary/aromatic N) is 3. The van der Waals surface area contributed by atoms with Crippen molar-refractivity contribution in [3.63, 3.8) is 0 Å². The molecule has 0 atom stereocenters. The van der Waals surface area contributed by atoms with Gasteiger partial charge in [0.05, 0.1) is 19.0 Å². The highest BCUT2D eigenvalue weighted by Crippen LogP contribution is 2.27. The Balaban J connectivity index is 1.67. The van der Waals surface area contributed by atoms with Gasteiger partial charge in [-0.15, -0.1) is 0 Å². The number of rotatable bonds is 5. The van der Waals surface area contributed by atoms with Crippen LogP contribution in [0, 0.1) is 0 Å². The van der Waals surface area contributed by atoms with Crippen molar-refractivity contribution in [2.45, 2.75) is 10.9 Å². The Morgan fingerprint density at radius 3 is 2.68 bits per heavy atom. The molecule has 1 N–H and O–H groups in total. The van der Waals surface area contributed by atoms with Gasteiger partial charge in [-0.05, 0) is 42.0 Å². The summed E-state index contributed by atoms with van der Waals surface area (Å²) in [6.07, 6.45) is 1.51. The van der Waals surface area contributed by atoms with Crippen molar-refractivity contribution in [2.75, 3.05) is 7.11 Å². The second-order valence-electron chi connectivity index (χ2n) is 5.89. The van der Waals surface area contributed by atoms with Crippen LogP contribution in [0.25, 0.3) is 16.7 Å². The molecule has 28 heavy (non-hydrogen) atoms. The van der Waals surface area contributed by atoms with Gasteiger partial charge in [0.2, 0.25) is 0 Å². The van der Waals surface area contributed by atoms with Crippen LogP contribution in [0.5, 0.6) is 5.75 Å². The molecule has 2 aromatic heterocycles. The summed E-state index contributed by atoms with van der Waals surface area (Å²) in [5.41, 5.74) is 1.93. The van der Waals surface area contributed by atoms with Gasteiger partial charge in [-0.3, -0.25) is 4.79 Å². The van der Waals surface area contributed by atoms with E-state index in [4.69, 9.17) is 27.9 Å². The summed E-state index contributed by atoms with van der Waals surface area (Å²) in [4.78, 5) is 19.8. The van der Waals surface area contributed by atoms with E-state index in [0.29, 0.717) is 32.0 Å². The zero-order valence-electron chi connectivity index (χ0n) is 14.6. The van der Waals surface area contributed by atoms with Gasteiger partial charge in [0.25, 0.3) is 5.56 Å². The van der Waals surface area contributed by atoms with Gasteiger partial charge in [-0.25, -0.2) is 9.67 Å². The van der Waals surface area contributed by atoms with Crippen LogP contribution in [0.4, 0.5) is 0 Å². The smallest absolute Gasteiger partial charge is 0.262 e. The van der Waals surface area contributed by atoms with Gasteiger partial charge in [-0.2, -0.15) is 5.10 Å². The minimum Gasteiger partial charge on any atom is -0.497 e.